The molecule has 200 valence electrons. The van der Waals surface area contributed by atoms with E-state index in [9.17, 15) is 0 Å². The summed E-state index contributed by atoms with van der Waals surface area (Å²) in [6.45, 7) is 6.87. The van der Waals surface area contributed by atoms with Gasteiger partial charge in [-0.05, 0) is 71.6 Å². The van der Waals surface area contributed by atoms with Crippen LogP contribution >= 0.6 is 0 Å². The van der Waals surface area contributed by atoms with E-state index in [1.54, 1.807) is 0 Å². The first-order valence-corrected chi connectivity index (χ1v) is 14.8. The third-order valence-electron chi connectivity index (χ3n) is 9.59. The molecular formula is C40H30N2. The highest BCUT2D eigenvalue weighted by atomic mass is 15.0. The van der Waals surface area contributed by atoms with Gasteiger partial charge in [0.25, 0.3) is 0 Å². The minimum Gasteiger partial charge on any atom is -0.309 e. The topological polar surface area (TPSA) is 9.86 Å². The van der Waals surface area contributed by atoms with Gasteiger partial charge in [0.1, 0.15) is 0 Å². The van der Waals surface area contributed by atoms with Crippen LogP contribution in [0.3, 0.4) is 0 Å². The highest BCUT2D eigenvalue weighted by Gasteiger charge is 2.35. The first-order valence-electron chi connectivity index (χ1n) is 14.8. The molecule has 0 atom stereocenters. The Balaban J connectivity index is 1.43. The van der Waals surface area contributed by atoms with Gasteiger partial charge in [0.2, 0.25) is 0 Å². The molecule has 0 amide bonds. The van der Waals surface area contributed by atoms with Gasteiger partial charge in [-0.25, -0.2) is 0 Å². The first-order chi connectivity index (χ1) is 20.5. The van der Waals surface area contributed by atoms with Crippen molar-refractivity contribution in [3.63, 3.8) is 0 Å². The third kappa shape index (κ3) is 2.99. The summed E-state index contributed by atoms with van der Waals surface area (Å²) in [5.74, 6) is 0. The molecule has 0 fully saturated rings. The molecule has 0 unspecified atom stereocenters. The summed E-state index contributed by atoms with van der Waals surface area (Å²) < 4.78 is 4.94. The molecule has 0 N–H and O–H groups in total. The number of aryl methyl sites for hydroxylation is 1. The van der Waals surface area contributed by atoms with Gasteiger partial charge in [0.05, 0.1) is 22.1 Å². The molecule has 42 heavy (non-hydrogen) atoms. The Labute approximate surface area is 245 Å². The van der Waals surface area contributed by atoms with Crippen LogP contribution in [0.5, 0.6) is 0 Å². The van der Waals surface area contributed by atoms with E-state index in [0.717, 1.165) is 0 Å². The van der Waals surface area contributed by atoms with Crippen LogP contribution in [-0.4, -0.2) is 9.13 Å². The van der Waals surface area contributed by atoms with Crippen LogP contribution < -0.4 is 0 Å². The molecule has 0 bridgehead atoms. The zero-order valence-corrected chi connectivity index (χ0v) is 24.0. The minimum atomic E-state index is -0.0581. The van der Waals surface area contributed by atoms with Crippen molar-refractivity contribution in [2.75, 3.05) is 0 Å². The molecule has 2 aromatic heterocycles. The number of hydrogen-bond donors (Lipinski definition) is 0. The van der Waals surface area contributed by atoms with Crippen LogP contribution in [-0.2, 0) is 5.41 Å². The van der Waals surface area contributed by atoms with Crippen molar-refractivity contribution in [2.45, 2.75) is 26.2 Å². The Morgan fingerprint density at radius 1 is 0.476 bits per heavy atom. The normalized spacial score (nSPS) is 13.8. The molecule has 1 aliphatic carbocycles. The summed E-state index contributed by atoms with van der Waals surface area (Å²) in [4.78, 5) is 0. The molecule has 6 aromatic carbocycles. The van der Waals surface area contributed by atoms with Gasteiger partial charge in [-0.2, -0.15) is 0 Å². The second-order valence-electron chi connectivity index (χ2n) is 12.3. The van der Waals surface area contributed by atoms with Crippen molar-refractivity contribution in [1.29, 1.82) is 0 Å². The molecule has 2 heteroatoms. The lowest BCUT2D eigenvalue weighted by molar-refractivity contribution is 0.660. The molecule has 9 rings (SSSR count). The van der Waals surface area contributed by atoms with Crippen molar-refractivity contribution in [1.82, 2.24) is 9.13 Å². The highest BCUT2D eigenvalue weighted by Crippen LogP contribution is 2.50. The van der Waals surface area contributed by atoms with Crippen LogP contribution in [0.25, 0.3) is 66.1 Å². The Kier molecular flexibility index (Phi) is 4.63. The Bertz CT molecular complexity index is 2380. The maximum atomic E-state index is 2.51. The second-order valence-corrected chi connectivity index (χ2v) is 12.3. The fourth-order valence-electron chi connectivity index (χ4n) is 7.58. The van der Waals surface area contributed by atoms with Gasteiger partial charge in [-0.3, -0.25) is 0 Å². The van der Waals surface area contributed by atoms with Crippen LogP contribution in [0.2, 0.25) is 0 Å². The predicted molar refractivity (Wildman–Crippen MR) is 177 cm³/mol. The van der Waals surface area contributed by atoms with E-state index in [-0.39, 0.29) is 5.41 Å². The van der Waals surface area contributed by atoms with Crippen LogP contribution in [0.4, 0.5) is 0 Å². The smallest absolute Gasteiger partial charge is 0.0641 e. The van der Waals surface area contributed by atoms with Crippen molar-refractivity contribution in [3.8, 4) is 22.5 Å². The van der Waals surface area contributed by atoms with Crippen LogP contribution in [0.1, 0.15) is 30.5 Å². The van der Waals surface area contributed by atoms with E-state index in [0.29, 0.717) is 0 Å². The summed E-state index contributed by atoms with van der Waals surface area (Å²) in [6, 6.07) is 47.2. The zero-order chi connectivity index (χ0) is 28.2. The number of nitrogens with zero attached hydrogens (tertiary/aromatic N) is 2. The van der Waals surface area contributed by atoms with E-state index < -0.39 is 0 Å². The molecule has 0 spiro atoms. The maximum Gasteiger partial charge on any atom is 0.0641 e. The summed E-state index contributed by atoms with van der Waals surface area (Å²) in [6.07, 6.45) is 0. The number of hydrogen-bond acceptors (Lipinski definition) is 0. The Hall–Kier alpha value is -5.08. The quantitative estimate of drug-likeness (QED) is 0.207. The largest absolute Gasteiger partial charge is 0.309 e. The van der Waals surface area contributed by atoms with Gasteiger partial charge in [-0.15, -0.1) is 0 Å². The summed E-state index contributed by atoms with van der Waals surface area (Å²) in [7, 11) is 0. The minimum absolute atomic E-state index is 0.0581. The van der Waals surface area contributed by atoms with Crippen molar-refractivity contribution >= 4 is 43.6 Å². The predicted octanol–water partition coefficient (Wildman–Crippen LogP) is 10.5. The SMILES string of the molecule is Cc1ccc(-n2c3ccccc3c3c2ccc2c4ccccc4n(-c4ccc5c(c4)C(C)(C)c4ccccc4-5)c23)cc1. The molecule has 0 aliphatic heterocycles. The zero-order valence-electron chi connectivity index (χ0n) is 24.0. The molecule has 1 aliphatic rings. The molecule has 0 radical (unpaired) electrons. The summed E-state index contributed by atoms with van der Waals surface area (Å²) >= 11 is 0. The number of benzene rings is 6. The lowest BCUT2D eigenvalue weighted by Crippen LogP contribution is -2.15. The van der Waals surface area contributed by atoms with Crippen LogP contribution in [0, 0.1) is 6.92 Å². The third-order valence-corrected chi connectivity index (χ3v) is 9.59. The van der Waals surface area contributed by atoms with Gasteiger partial charge in [-0.1, -0.05) is 104 Å². The fraction of sp³-hybridized carbons (Fsp3) is 0.100. The lowest BCUT2D eigenvalue weighted by Gasteiger charge is -2.22. The number of rotatable bonds is 2. The standard InChI is InChI=1S/C40H30N2/c1-25-16-18-26(19-17-25)41-36-15-9-6-12-32(36)38-37(41)23-22-31-30-11-5-8-14-35(30)42(39(31)38)27-20-21-29-28-10-4-7-13-33(28)40(2,3)34(29)24-27/h4-24H,1-3H3. The highest BCUT2D eigenvalue weighted by molar-refractivity contribution is 6.26. The molecular weight excluding hydrogens is 508 g/mol. The summed E-state index contributed by atoms with van der Waals surface area (Å²) in [5.41, 5.74) is 14.1. The monoisotopic (exact) mass is 538 g/mol. The molecule has 8 aromatic rings. The van der Waals surface area contributed by atoms with E-state index in [4.69, 9.17) is 0 Å². The summed E-state index contributed by atoms with van der Waals surface area (Å²) in [5, 5.41) is 5.14. The first kappa shape index (κ1) is 23.6. The number of fused-ring (bicyclic) bond motifs is 10. The average molecular weight is 539 g/mol. The Morgan fingerprint density at radius 3 is 1.93 bits per heavy atom. The Morgan fingerprint density at radius 2 is 1.12 bits per heavy atom. The van der Waals surface area contributed by atoms with Crippen molar-refractivity contribution in [2.24, 2.45) is 0 Å². The van der Waals surface area contributed by atoms with Crippen LogP contribution in [0.15, 0.2) is 127 Å². The van der Waals surface area contributed by atoms with Gasteiger partial charge < -0.3 is 9.13 Å². The maximum absolute atomic E-state index is 2.51. The molecule has 0 saturated carbocycles. The second kappa shape index (κ2) is 8.24. The van der Waals surface area contributed by atoms with Crippen molar-refractivity contribution in [3.05, 3.63) is 144 Å². The molecule has 2 nitrogen and oxygen atoms in total. The fourth-order valence-corrected chi connectivity index (χ4v) is 7.58. The van der Waals surface area contributed by atoms with E-state index in [2.05, 4.69) is 157 Å². The lowest BCUT2D eigenvalue weighted by atomic mass is 9.82. The molecule has 2 heterocycles. The number of aromatic nitrogens is 2. The number of para-hydroxylation sites is 2. The van der Waals surface area contributed by atoms with Gasteiger partial charge in [0.15, 0.2) is 0 Å². The van der Waals surface area contributed by atoms with E-state index in [1.165, 1.54) is 82.8 Å². The van der Waals surface area contributed by atoms with E-state index in [1.807, 2.05) is 0 Å². The molecule has 0 saturated heterocycles. The van der Waals surface area contributed by atoms with E-state index >= 15 is 0 Å². The van der Waals surface area contributed by atoms with Crippen molar-refractivity contribution < 1.29 is 0 Å². The average Bonchev–Trinajstić information content (AvgIpc) is 3.61. The van der Waals surface area contributed by atoms with Gasteiger partial charge >= 0.3 is 0 Å². The van der Waals surface area contributed by atoms with Gasteiger partial charge in [0, 0.05) is 38.3 Å².